The van der Waals surface area contributed by atoms with E-state index in [1.165, 1.54) is 0 Å². The lowest BCUT2D eigenvalue weighted by molar-refractivity contribution is -0.134. The lowest BCUT2D eigenvalue weighted by Gasteiger charge is -2.26. The Labute approximate surface area is 208 Å². The van der Waals surface area contributed by atoms with Crippen molar-refractivity contribution >= 4 is 28.4 Å². The van der Waals surface area contributed by atoms with Crippen LogP contribution in [0.25, 0.3) is 33.6 Å². The van der Waals surface area contributed by atoms with E-state index < -0.39 is 0 Å². The summed E-state index contributed by atoms with van der Waals surface area (Å²) in [5, 5.41) is 9.95. The fraction of sp³-hybridized carbons (Fsp3) is 0.179. The van der Waals surface area contributed by atoms with Gasteiger partial charge in [-0.15, -0.1) is 10.2 Å². The van der Waals surface area contributed by atoms with Crippen molar-refractivity contribution in [1.82, 2.24) is 19.7 Å². The van der Waals surface area contributed by atoms with Gasteiger partial charge in [0.1, 0.15) is 6.54 Å². The normalized spacial score (nSPS) is 11.3. The Kier molecular flexibility index (Phi) is 6.38. The number of hydrogen-bond acceptors (Lipinski definition) is 4. The zero-order valence-corrected chi connectivity index (χ0v) is 20.3. The van der Waals surface area contributed by atoms with Crippen molar-refractivity contribution in [3.8, 4) is 22.7 Å². The van der Waals surface area contributed by atoms with Crippen molar-refractivity contribution in [2.75, 3.05) is 0 Å². The monoisotopic (exact) mass is 484 g/mol. The first-order chi connectivity index (χ1) is 17.0. The molecule has 2 heterocycles. The predicted molar refractivity (Wildman–Crippen MR) is 138 cm³/mol. The van der Waals surface area contributed by atoms with E-state index in [1.807, 2.05) is 68.4 Å². The average Bonchev–Trinajstić information content (AvgIpc) is 3.48. The number of benzene rings is 3. The van der Waals surface area contributed by atoms with E-state index in [2.05, 4.69) is 39.0 Å². The Hall–Kier alpha value is -3.90. The summed E-state index contributed by atoms with van der Waals surface area (Å²) in [5.74, 6) is 0.670. The molecule has 2 aromatic heterocycles. The molecule has 0 saturated carbocycles. The van der Waals surface area contributed by atoms with Crippen LogP contribution >= 0.6 is 11.6 Å². The van der Waals surface area contributed by atoms with E-state index in [0.717, 1.165) is 22.2 Å². The standard InChI is InChI=1S/C28H25ClN4O2/c1-19(2)32(17-26-30-31-28(35-26)22-13-7-8-14-23(22)29)27(34)18-33-24-15-9-6-12-21(24)16-25(33)20-10-4-3-5-11-20/h3-16,19H,17-18H2,1-2H3. The van der Waals surface area contributed by atoms with Gasteiger partial charge >= 0.3 is 0 Å². The van der Waals surface area contributed by atoms with Crippen LogP contribution in [0.1, 0.15) is 19.7 Å². The van der Waals surface area contributed by atoms with Crippen LogP contribution < -0.4 is 0 Å². The second-order valence-corrected chi connectivity index (χ2v) is 9.04. The molecule has 6 nitrogen and oxygen atoms in total. The highest BCUT2D eigenvalue weighted by atomic mass is 35.5. The minimum Gasteiger partial charge on any atom is -0.419 e. The maximum absolute atomic E-state index is 13.6. The van der Waals surface area contributed by atoms with E-state index >= 15 is 0 Å². The number of fused-ring (bicyclic) bond motifs is 1. The van der Waals surface area contributed by atoms with E-state index in [-0.39, 0.29) is 25.0 Å². The number of aromatic nitrogens is 3. The number of para-hydroxylation sites is 1. The summed E-state index contributed by atoms with van der Waals surface area (Å²) < 4.78 is 7.95. The van der Waals surface area contributed by atoms with Crippen molar-refractivity contribution in [3.63, 3.8) is 0 Å². The Morgan fingerprint density at radius 1 is 0.971 bits per heavy atom. The molecule has 1 amide bonds. The highest BCUT2D eigenvalue weighted by Gasteiger charge is 2.23. The van der Waals surface area contributed by atoms with Crippen molar-refractivity contribution in [2.24, 2.45) is 0 Å². The zero-order chi connectivity index (χ0) is 24.4. The first-order valence-electron chi connectivity index (χ1n) is 11.5. The van der Waals surface area contributed by atoms with Gasteiger partial charge < -0.3 is 13.9 Å². The van der Waals surface area contributed by atoms with Gasteiger partial charge in [-0.05, 0) is 43.7 Å². The second-order valence-electron chi connectivity index (χ2n) is 8.64. The summed E-state index contributed by atoms with van der Waals surface area (Å²) in [6, 6.07) is 27.6. The Bertz CT molecular complexity index is 1470. The quantitative estimate of drug-likeness (QED) is 0.266. The molecule has 176 valence electrons. The van der Waals surface area contributed by atoms with Crippen molar-refractivity contribution in [3.05, 3.63) is 95.8 Å². The third kappa shape index (κ3) is 4.70. The van der Waals surface area contributed by atoms with Gasteiger partial charge in [-0.3, -0.25) is 4.79 Å². The first kappa shape index (κ1) is 22.9. The molecule has 0 aliphatic carbocycles. The van der Waals surface area contributed by atoms with Crippen LogP contribution in [0.3, 0.4) is 0 Å². The molecule has 0 atom stereocenters. The third-order valence-corrected chi connectivity index (χ3v) is 6.32. The Morgan fingerprint density at radius 3 is 2.46 bits per heavy atom. The fourth-order valence-corrected chi connectivity index (χ4v) is 4.44. The number of nitrogens with zero attached hydrogens (tertiary/aromatic N) is 4. The van der Waals surface area contributed by atoms with Gasteiger partial charge in [0.2, 0.25) is 17.7 Å². The lowest BCUT2D eigenvalue weighted by Crippen LogP contribution is -2.38. The molecule has 5 rings (SSSR count). The van der Waals surface area contributed by atoms with Gasteiger partial charge in [-0.1, -0.05) is 72.3 Å². The summed E-state index contributed by atoms with van der Waals surface area (Å²) in [7, 11) is 0. The maximum atomic E-state index is 13.6. The molecule has 35 heavy (non-hydrogen) atoms. The molecule has 0 fully saturated rings. The minimum absolute atomic E-state index is 0.0315. The first-order valence-corrected chi connectivity index (χ1v) is 11.9. The van der Waals surface area contributed by atoms with Gasteiger partial charge in [0, 0.05) is 22.6 Å². The van der Waals surface area contributed by atoms with Gasteiger partial charge in [0.25, 0.3) is 0 Å². The number of halogens is 1. The SMILES string of the molecule is CC(C)N(Cc1nnc(-c2ccccc2Cl)o1)C(=O)Cn1c(-c2ccccc2)cc2ccccc21. The molecule has 0 radical (unpaired) electrons. The van der Waals surface area contributed by atoms with Gasteiger partial charge in [0.15, 0.2) is 0 Å². The molecular formula is C28H25ClN4O2. The maximum Gasteiger partial charge on any atom is 0.249 e. The zero-order valence-electron chi connectivity index (χ0n) is 19.6. The van der Waals surface area contributed by atoms with Crippen LogP contribution in [0.2, 0.25) is 5.02 Å². The molecule has 5 aromatic rings. The minimum atomic E-state index is -0.0554. The number of carbonyl (C=O) groups is 1. The molecule has 0 aliphatic rings. The van der Waals surface area contributed by atoms with Crippen LogP contribution in [0.5, 0.6) is 0 Å². The van der Waals surface area contributed by atoms with Gasteiger partial charge in [-0.2, -0.15) is 0 Å². The summed E-state index contributed by atoms with van der Waals surface area (Å²) in [4.78, 5) is 15.4. The molecule has 0 N–H and O–H groups in total. The molecule has 7 heteroatoms. The predicted octanol–water partition coefficient (Wildman–Crippen LogP) is 6.45. The highest BCUT2D eigenvalue weighted by molar-refractivity contribution is 6.33. The molecule has 0 saturated heterocycles. The van der Waals surface area contributed by atoms with E-state index in [9.17, 15) is 4.79 Å². The van der Waals surface area contributed by atoms with E-state index in [4.69, 9.17) is 16.0 Å². The van der Waals surface area contributed by atoms with Gasteiger partial charge in [0.05, 0.1) is 17.1 Å². The smallest absolute Gasteiger partial charge is 0.249 e. The van der Waals surface area contributed by atoms with Crippen molar-refractivity contribution in [1.29, 1.82) is 0 Å². The van der Waals surface area contributed by atoms with Crippen molar-refractivity contribution < 1.29 is 9.21 Å². The third-order valence-electron chi connectivity index (χ3n) is 5.99. The number of carbonyl (C=O) groups excluding carboxylic acids is 1. The van der Waals surface area contributed by atoms with Crippen molar-refractivity contribution in [2.45, 2.75) is 33.0 Å². The van der Waals surface area contributed by atoms with Crippen LogP contribution in [-0.4, -0.2) is 31.6 Å². The molecule has 0 bridgehead atoms. The molecular weight excluding hydrogens is 460 g/mol. The lowest BCUT2D eigenvalue weighted by atomic mass is 10.1. The average molecular weight is 485 g/mol. The summed E-state index contributed by atoms with van der Waals surface area (Å²) in [5.41, 5.74) is 3.75. The molecule has 0 aliphatic heterocycles. The Balaban J connectivity index is 1.43. The fourth-order valence-electron chi connectivity index (χ4n) is 4.22. The summed E-state index contributed by atoms with van der Waals surface area (Å²) in [6.45, 7) is 4.37. The molecule has 3 aromatic carbocycles. The second kappa shape index (κ2) is 9.76. The summed E-state index contributed by atoms with van der Waals surface area (Å²) >= 11 is 6.27. The molecule has 0 unspecified atom stereocenters. The topological polar surface area (TPSA) is 64.2 Å². The Morgan fingerprint density at radius 2 is 1.69 bits per heavy atom. The van der Waals surface area contributed by atoms with Crippen LogP contribution in [0.4, 0.5) is 0 Å². The summed E-state index contributed by atoms with van der Waals surface area (Å²) in [6.07, 6.45) is 0. The molecule has 0 spiro atoms. The van der Waals surface area contributed by atoms with Crippen LogP contribution in [0, 0.1) is 0 Å². The van der Waals surface area contributed by atoms with Gasteiger partial charge in [-0.25, -0.2) is 0 Å². The number of hydrogen-bond donors (Lipinski definition) is 0. The van der Waals surface area contributed by atoms with Crippen LogP contribution in [-0.2, 0) is 17.9 Å². The van der Waals surface area contributed by atoms with E-state index in [1.54, 1.807) is 11.0 Å². The van der Waals surface area contributed by atoms with Crippen LogP contribution in [0.15, 0.2) is 89.3 Å². The largest absolute Gasteiger partial charge is 0.419 e. The number of rotatable bonds is 7. The number of amides is 1. The highest BCUT2D eigenvalue weighted by Crippen LogP contribution is 2.29. The van der Waals surface area contributed by atoms with E-state index in [0.29, 0.717) is 22.4 Å².